The molecule has 1 amide bonds. The van der Waals surface area contributed by atoms with Crippen LogP contribution in [0.4, 0.5) is 19.1 Å². The minimum absolute atomic E-state index is 0. The Kier molecular flexibility index (Phi) is 5.51. The van der Waals surface area contributed by atoms with Gasteiger partial charge in [0.25, 0.3) is 0 Å². The van der Waals surface area contributed by atoms with Gasteiger partial charge in [0.1, 0.15) is 13.5 Å². The second-order valence-electron chi connectivity index (χ2n) is 8.01. The van der Waals surface area contributed by atoms with Gasteiger partial charge in [0.15, 0.2) is 0 Å². The van der Waals surface area contributed by atoms with Gasteiger partial charge in [0.2, 0.25) is 17.3 Å². The van der Waals surface area contributed by atoms with Crippen LogP contribution in [0.2, 0.25) is 0 Å². The highest BCUT2D eigenvalue weighted by Gasteiger charge is 2.31. The second-order valence-corrected chi connectivity index (χ2v) is 8.01. The summed E-state index contributed by atoms with van der Waals surface area (Å²) >= 11 is 0. The lowest BCUT2D eigenvalue weighted by molar-refractivity contribution is -0.137. The largest absolute Gasteiger partial charge is 0.416 e. The third-order valence-electron chi connectivity index (χ3n) is 5.28. The maximum absolute atomic E-state index is 13.2. The summed E-state index contributed by atoms with van der Waals surface area (Å²) < 4.78 is 42.5. The molecule has 1 N–H and O–H groups in total. The molecule has 0 spiro atoms. The Balaban J connectivity index is 0.00000324. The first-order valence-corrected chi connectivity index (χ1v) is 10.1. The molecule has 33 heavy (non-hydrogen) atoms. The average Bonchev–Trinajstić information content (AvgIpc) is 3.03. The number of imidazole rings is 1. The Morgan fingerprint density at radius 3 is 2.58 bits per heavy atom. The summed E-state index contributed by atoms with van der Waals surface area (Å²) in [5, 5.41) is 6.93. The monoisotopic (exact) mass is 455 g/mol. The Labute approximate surface area is 189 Å². The van der Waals surface area contributed by atoms with Crippen LogP contribution >= 0.6 is 0 Å². The minimum atomic E-state index is -4.55. The molecule has 2 radical (unpaired) electrons. The molecule has 0 unspecified atom stereocenters. The molecule has 0 fully saturated rings. The number of halogens is 3. The number of hydrogen-bond acceptors (Lipinski definition) is 4. The van der Waals surface area contributed by atoms with Gasteiger partial charge in [-0.2, -0.15) is 18.3 Å². The summed E-state index contributed by atoms with van der Waals surface area (Å²) in [7, 11) is 7.50. The number of rotatable bonds is 4. The van der Waals surface area contributed by atoms with E-state index in [4.69, 9.17) is 7.85 Å². The Morgan fingerprint density at radius 2 is 1.91 bits per heavy atom. The van der Waals surface area contributed by atoms with E-state index >= 15 is 0 Å². The standard InChI is InChI=1S/C22H19BF3N5O2.H2/c1-11(2)31-18-8-12(22(24,25)26)4-6-14(18)20(33)16(29-31)10-19(32)28-21-27-15-9-13(23)5-7-17(15)30(21)3;/h4-9,11H,10H2,1-3H3,(H,27,28,32);1H. The Hall–Kier alpha value is -3.63. The third-order valence-corrected chi connectivity index (χ3v) is 5.28. The van der Waals surface area contributed by atoms with Crippen molar-refractivity contribution in [3.8, 4) is 0 Å². The van der Waals surface area contributed by atoms with Crippen LogP contribution in [-0.4, -0.2) is 33.1 Å². The Morgan fingerprint density at radius 1 is 1.18 bits per heavy atom. The van der Waals surface area contributed by atoms with Gasteiger partial charge in [-0.1, -0.05) is 11.5 Å². The summed E-state index contributed by atoms with van der Waals surface area (Å²) in [6, 6.07) is 7.69. The highest BCUT2D eigenvalue weighted by molar-refractivity contribution is 6.33. The van der Waals surface area contributed by atoms with E-state index in [0.29, 0.717) is 11.0 Å². The molecule has 0 aliphatic heterocycles. The number of amides is 1. The predicted octanol–water partition coefficient (Wildman–Crippen LogP) is 3.10. The maximum Gasteiger partial charge on any atom is 0.416 e. The molecule has 0 aliphatic carbocycles. The molecule has 2 aromatic heterocycles. The number of fused-ring (bicyclic) bond motifs is 2. The van der Waals surface area contributed by atoms with Crippen molar-refractivity contribution in [3.05, 3.63) is 57.9 Å². The van der Waals surface area contributed by atoms with Crippen molar-refractivity contribution >= 4 is 47.1 Å². The molecular formula is C22H21BF3N5O2. The number of benzene rings is 2. The van der Waals surface area contributed by atoms with Gasteiger partial charge in [-0.3, -0.25) is 19.6 Å². The zero-order valence-corrected chi connectivity index (χ0v) is 18.1. The van der Waals surface area contributed by atoms with Crippen molar-refractivity contribution in [1.82, 2.24) is 19.3 Å². The molecule has 4 rings (SSSR count). The van der Waals surface area contributed by atoms with E-state index in [2.05, 4.69) is 15.4 Å². The quantitative estimate of drug-likeness (QED) is 0.480. The number of aromatic nitrogens is 4. The van der Waals surface area contributed by atoms with Crippen molar-refractivity contribution in [1.29, 1.82) is 0 Å². The van der Waals surface area contributed by atoms with Crippen LogP contribution in [0.5, 0.6) is 0 Å². The molecule has 2 heterocycles. The maximum atomic E-state index is 13.2. The van der Waals surface area contributed by atoms with Gasteiger partial charge in [0.05, 0.1) is 28.5 Å². The van der Waals surface area contributed by atoms with Crippen LogP contribution in [0.1, 0.15) is 32.6 Å². The molecule has 2 aromatic carbocycles. The zero-order valence-electron chi connectivity index (χ0n) is 18.1. The number of anilines is 1. The molecule has 4 aromatic rings. The lowest BCUT2D eigenvalue weighted by Crippen LogP contribution is -2.26. The lowest BCUT2D eigenvalue weighted by atomic mass is 9.96. The van der Waals surface area contributed by atoms with Crippen LogP contribution in [0.3, 0.4) is 0 Å². The van der Waals surface area contributed by atoms with Crippen molar-refractivity contribution in [2.75, 3.05) is 5.32 Å². The van der Waals surface area contributed by atoms with E-state index in [1.165, 1.54) is 4.68 Å². The number of hydrogen-bond donors (Lipinski definition) is 1. The van der Waals surface area contributed by atoms with Gasteiger partial charge in [-0.25, -0.2) is 4.98 Å². The van der Waals surface area contributed by atoms with Crippen LogP contribution < -0.4 is 16.2 Å². The topological polar surface area (TPSA) is 81.8 Å². The first kappa shape index (κ1) is 22.6. The first-order chi connectivity index (χ1) is 15.5. The number of carbonyl (C=O) groups excluding carboxylic acids is 1. The first-order valence-electron chi connectivity index (χ1n) is 10.1. The van der Waals surface area contributed by atoms with E-state index in [9.17, 15) is 22.8 Å². The molecule has 0 aliphatic rings. The highest BCUT2D eigenvalue weighted by Crippen LogP contribution is 2.31. The molecule has 7 nitrogen and oxygen atoms in total. The number of alkyl halides is 3. The van der Waals surface area contributed by atoms with E-state index in [1.807, 2.05) is 0 Å². The van der Waals surface area contributed by atoms with Crippen LogP contribution in [-0.2, 0) is 24.4 Å². The normalized spacial score (nSPS) is 12.1. The molecular weight excluding hydrogens is 434 g/mol. The summed E-state index contributed by atoms with van der Waals surface area (Å²) in [5.41, 5.74) is 0.396. The molecule has 11 heteroatoms. The average molecular weight is 455 g/mol. The number of nitrogens with zero attached hydrogens (tertiary/aromatic N) is 4. The van der Waals surface area contributed by atoms with E-state index in [1.54, 1.807) is 43.7 Å². The Bertz CT molecular complexity index is 1460. The summed E-state index contributed by atoms with van der Waals surface area (Å²) in [6.45, 7) is 3.46. The smallest absolute Gasteiger partial charge is 0.313 e. The van der Waals surface area contributed by atoms with Crippen LogP contribution in [0.15, 0.2) is 41.2 Å². The fourth-order valence-corrected chi connectivity index (χ4v) is 3.63. The van der Waals surface area contributed by atoms with Crippen LogP contribution in [0, 0.1) is 0 Å². The summed E-state index contributed by atoms with van der Waals surface area (Å²) in [4.78, 5) is 30.0. The van der Waals surface area contributed by atoms with Gasteiger partial charge in [0, 0.05) is 19.9 Å². The van der Waals surface area contributed by atoms with E-state index in [0.717, 1.165) is 23.7 Å². The molecule has 0 atom stereocenters. The summed E-state index contributed by atoms with van der Waals surface area (Å²) in [5.74, 6) is -0.270. The zero-order chi connectivity index (χ0) is 24.1. The summed E-state index contributed by atoms with van der Waals surface area (Å²) in [6.07, 6.45) is -4.92. The highest BCUT2D eigenvalue weighted by atomic mass is 19.4. The third kappa shape index (κ3) is 4.22. The predicted molar refractivity (Wildman–Crippen MR) is 122 cm³/mol. The van der Waals surface area contributed by atoms with E-state index in [-0.39, 0.29) is 36.4 Å². The molecule has 0 bridgehead atoms. The van der Waals surface area contributed by atoms with Crippen molar-refractivity contribution < 1.29 is 19.4 Å². The van der Waals surface area contributed by atoms with Gasteiger partial charge in [-0.15, -0.1) is 0 Å². The van der Waals surface area contributed by atoms with Gasteiger partial charge in [-0.05, 0) is 44.2 Å². The lowest BCUT2D eigenvalue weighted by Gasteiger charge is -2.16. The fraction of sp³-hybridized carbons (Fsp3) is 0.273. The SMILES string of the molecule is [B]c1ccc2c(c1)nc(NC(=O)Cc1nn(C(C)C)c3cc(C(F)(F)F)ccc3c1=O)n2C.[HH]. The number of aryl methyl sites for hydroxylation is 1. The van der Waals surface area contributed by atoms with Crippen molar-refractivity contribution in [2.45, 2.75) is 32.5 Å². The number of nitrogens with one attached hydrogen (secondary N) is 1. The van der Waals surface area contributed by atoms with Crippen molar-refractivity contribution in [2.24, 2.45) is 7.05 Å². The molecule has 0 saturated carbocycles. The minimum Gasteiger partial charge on any atom is -0.313 e. The fourth-order valence-electron chi connectivity index (χ4n) is 3.63. The number of carbonyl (C=O) groups is 1. The van der Waals surface area contributed by atoms with E-state index < -0.39 is 23.1 Å². The van der Waals surface area contributed by atoms with Crippen LogP contribution in [0.25, 0.3) is 21.9 Å². The molecule has 170 valence electrons. The second kappa shape index (κ2) is 8.06. The van der Waals surface area contributed by atoms with Gasteiger partial charge >= 0.3 is 6.18 Å². The molecule has 0 saturated heterocycles. The van der Waals surface area contributed by atoms with Gasteiger partial charge < -0.3 is 4.57 Å². The van der Waals surface area contributed by atoms with Crippen molar-refractivity contribution in [3.63, 3.8) is 0 Å².